The Morgan fingerprint density at radius 2 is 2.04 bits per heavy atom. The molecule has 1 N–H and O–H groups in total. The predicted octanol–water partition coefficient (Wildman–Crippen LogP) is 4.30. The maximum atomic E-state index is 12.9. The van der Waals surface area contributed by atoms with Crippen molar-refractivity contribution in [2.24, 2.45) is 0 Å². The number of thiophene rings is 1. The zero-order valence-electron chi connectivity index (χ0n) is 15.3. The van der Waals surface area contributed by atoms with Crippen molar-refractivity contribution in [2.45, 2.75) is 38.3 Å². The van der Waals surface area contributed by atoms with Gasteiger partial charge in [-0.05, 0) is 43.4 Å². The van der Waals surface area contributed by atoms with Gasteiger partial charge >= 0.3 is 6.18 Å². The standard InChI is InChI=1S/C19H20F3N3O2S/c1-25(10-8-19(20,21)22)18(27)15-13-6-2-3-7-14(13)28-17(15)24-16(26)12-5-4-9-23-11-12/h4-5,9,11H,2-3,6-8,10H2,1H3,(H,24,26). The molecule has 1 aliphatic rings. The number of nitrogens with one attached hydrogen (secondary N) is 1. The Balaban J connectivity index is 1.87. The molecule has 0 radical (unpaired) electrons. The number of anilines is 1. The van der Waals surface area contributed by atoms with E-state index in [1.54, 1.807) is 18.3 Å². The van der Waals surface area contributed by atoms with E-state index in [0.717, 1.165) is 34.6 Å². The highest BCUT2D eigenvalue weighted by Crippen LogP contribution is 2.39. The van der Waals surface area contributed by atoms with Gasteiger partial charge in [-0.25, -0.2) is 0 Å². The van der Waals surface area contributed by atoms with Crippen LogP contribution in [-0.4, -0.2) is 41.5 Å². The first kappa shape index (κ1) is 20.3. The van der Waals surface area contributed by atoms with E-state index in [0.29, 0.717) is 22.5 Å². The van der Waals surface area contributed by atoms with Gasteiger partial charge in [-0.2, -0.15) is 13.2 Å². The predicted molar refractivity (Wildman–Crippen MR) is 101 cm³/mol. The van der Waals surface area contributed by atoms with E-state index in [-0.39, 0.29) is 0 Å². The van der Waals surface area contributed by atoms with Crippen LogP contribution in [0.4, 0.5) is 18.2 Å². The topological polar surface area (TPSA) is 62.3 Å². The van der Waals surface area contributed by atoms with Crippen LogP contribution in [0.25, 0.3) is 0 Å². The fourth-order valence-electron chi connectivity index (χ4n) is 3.14. The fraction of sp³-hybridized carbons (Fsp3) is 0.421. The van der Waals surface area contributed by atoms with Crippen LogP contribution < -0.4 is 5.32 Å². The summed E-state index contributed by atoms with van der Waals surface area (Å²) in [5, 5.41) is 3.16. The fourth-order valence-corrected chi connectivity index (χ4v) is 4.42. The van der Waals surface area contributed by atoms with E-state index < -0.39 is 31.0 Å². The lowest BCUT2D eigenvalue weighted by molar-refractivity contribution is -0.136. The molecule has 2 heterocycles. The summed E-state index contributed by atoms with van der Waals surface area (Å²) < 4.78 is 37.6. The first-order valence-electron chi connectivity index (χ1n) is 8.94. The molecule has 0 saturated carbocycles. The van der Waals surface area contributed by atoms with Gasteiger partial charge in [0.2, 0.25) is 0 Å². The number of fused-ring (bicyclic) bond motifs is 1. The number of aromatic nitrogens is 1. The van der Waals surface area contributed by atoms with Gasteiger partial charge in [0.05, 0.1) is 17.5 Å². The molecular formula is C19H20F3N3O2S. The van der Waals surface area contributed by atoms with Gasteiger partial charge in [-0.3, -0.25) is 14.6 Å². The van der Waals surface area contributed by atoms with Crippen molar-refractivity contribution in [3.63, 3.8) is 0 Å². The molecular weight excluding hydrogens is 391 g/mol. The molecule has 3 rings (SSSR count). The number of halogens is 3. The minimum atomic E-state index is -4.33. The lowest BCUT2D eigenvalue weighted by atomic mass is 9.95. The van der Waals surface area contributed by atoms with Gasteiger partial charge in [0.1, 0.15) is 5.00 Å². The van der Waals surface area contributed by atoms with Crippen LogP contribution in [-0.2, 0) is 12.8 Å². The molecule has 1 aliphatic carbocycles. The summed E-state index contributed by atoms with van der Waals surface area (Å²) in [6.45, 7) is -0.428. The molecule has 0 atom stereocenters. The number of aryl methyl sites for hydroxylation is 1. The highest BCUT2D eigenvalue weighted by Gasteiger charge is 2.31. The Bertz CT molecular complexity index is 865. The van der Waals surface area contributed by atoms with Crippen molar-refractivity contribution in [1.29, 1.82) is 0 Å². The molecule has 0 aliphatic heterocycles. The SMILES string of the molecule is CN(CCC(F)(F)F)C(=O)c1c(NC(=O)c2cccnc2)sc2c1CCCC2. The second-order valence-electron chi connectivity index (χ2n) is 6.70. The molecule has 5 nitrogen and oxygen atoms in total. The lowest BCUT2D eigenvalue weighted by Crippen LogP contribution is -2.31. The van der Waals surface area contributed by atoms with E-state index in [2.05, 4.69) is 10.3 Å². The molecule has 28 heavy (non-hydrogen) atoms. The molecule has 0 saturated heterocycles. The van der Waals surface area contributed by atoms with Crippen LogP contribution in [0, 0.1) is 0 Å². The summed E-state index contributed by atoms with van der Waals surface area (Å²) in [4.78, 5) is 31.4. The van der Waals surface area contributed by atoms with Crippen molar-refractivity contribution in [2.75, 3.05) is 18.9 Å². The molecule has 9 heteroatoms. The maximum absolute atomic E-state index is 12.9. The third kappa shape index (κ3) is 4.70. The van der Waals surface area contributed by atoms with Crippen molar-refractivity contribution in [3.8, 4) is 0 Å². The number of rotatable bonds is 5. The van der Waals surface area contributed by atoms with Crippen LogP contribution >= 0.6 is 11.3 Å². The smallest absolute Gasteiger partial charge is 0.341 e. The second kappa shape index (κ2) is 8.30. The van der Waals surface area contributed by atoms with Gasteiger partial charge < -0.3 is 10.2 Å². The minimum Gasteiger partial charge on any atom is -0.341 e. The highest BCUT2D eigenvalue weighted by molar-refractivity contribution is 7.17. The number of carbonyl (C=O) groups excluding carboxylic acids is 2. The summed E-state index contributed by atoms with van der Waals surface area (Å²) in [6.07, 6.45) is 0.940. The third-order valence-corrected chi connectivity index (χ3v) is 5.82. The molecule has 0 spiro atoms. The van der Waals surface area contributed by atoms with E-state index in [9.17, 15) is 22.8 Å². The van der Waals surface area contributed by atoms with E-state index >= 15 is 0 Å². The number of amides is 2. The van der Waals surface area contributed by atoms with E-state index in [4.69, 9.17) is 0 Å². The number of carbonyl (C=O) groups is 2. The van der Waals surface area contributed by atoms with Crippen LogP contribution in [0.5, 0.6) is 0 Å². The number of pyridine rings is 1. The third-order valence-electron chi connectivity index (χ3n) is 4.61. The highest BCUT2D eigenvalue weighted by atomic mass is 32.1. The summed E-state index contributed by atoms with van der Waals surface area (Å²) in [6, 6.07) is 3.23. The monoisotopic (exact) mass is 411 g/mol. The average Bonchev–Trinajstić information content (AvgIpc) is 3.03. The Hall–Kier alpha value is -2.42. The molecule has 0 fully saturated rings. The normalized spacial score (nSPS) is 13.7. The first-order valence-corrected chi connectivity index (χ1v) is 9.76. The number of alkyl halides is 3. The molecule has 0 aromatic carbocycles. The largest absolute Gasteiger partial charge is 0.390 e. The summed E-state index contributed by atoms with van der Waals surface area (Å²) >= 11 is 1.33. The van der Waals surface area contributed by atoms with Crippen LogP contribution in [0.3, 0.4) is 0 Å². The van der Waals surface area contributed by atoms with Gasteiger partial charge in [-0.15, -0.1) is 11.3 Å². The van der Waals surface area contributed by atoms with Crippen LogP contribution in [0.2, 0.25) is 0 Å². The van der Waals surface area contributed by atoms with Gasteiger partial charge in [0.15, 0.2) is 0 Å². The van der Waals surface area contributed by atoms with Crippen molar-refractivity contribution >= 4 is 28.2 Å². The van der Waals surface area contributed by atoms with Crippen molar-refractivity contribution < 1.29 is 22.8 Å². The van der Waals surface area contributed by atoms with E-state index in [1.807, 2.05) is 0 Å². The molecule has 0 bridgehead atoms. The molecule has 150 valence electrons. The van der Waals surface area contributed by atoms with Gasteiger partial charge in [0.25, 0.3) is 11.8 Å². The Morgan fingerprint density at radius 1 is 1.29 bits per heavy atom. The molecule has 2 aromatic rings. The van der Waals surface area contributed by atoms with Crippen LogP contribution in [0.1, 0.15) is 50.4 Å². The maximum Gasteiger partial charge on any atom is 0.390 e. The van der Waals surface area contributed by atoms with Crippen molar-refractivity contribution in [3.05, 3.63) is 46.1 Å². The summed E-state index contributed by atoms with van der Waals surface area (Å²) in [5.74, 6) is -0.899. The van der Waals surface area contributed by atoms with Crippen LogP contribution in [0.15, 0.2) is 24.5 Å². The molecule has 2 amide bonds. The Morgan fingerprint density at radius 3 is 2.71 bits per heavy atom. The Labute approximate surface area is 164 Å². The van der Waals surface area contributed by atoms with E-state index in [1.165, 1.54) is 24.6 Å². The second-order valence-corrected chi connectivity index (χ2v) is 7.81. The Kier molecular flexibility index (Phi) is 6.02. The minimum absolute atomic E-state index is 0.321. The van der Waals surface area contributed by atoms with Gasteiger partial charge in [0, 0.05) is 30.9 Å². The molecule has 2 aromatic heterocycles. The quantitative estimate of drug-likeness (QED) is 0.798. The number of hydrogen-bond acceptors (Lipinski definition) is 4. The zero-order valence-corrected chi connectivity index (χ0v) is 16.1. The summed E-state index contributed by atoms with van der Waals surface area (Å²) in [7, 11) is 1.35. The lowest BCUT2D eigenvalue weighted by Gasteiger charge is -2.20. The molecule has 0 unspecified atom stereocenters. The number of nitrogens with zero attached hydrogens (tertiary/aromatic N) is 2. The average molecular weight is 411 g/mol. The summed E-state index contributed by atoms with van der Waals surface area (Å²) in [5.41, 5.74) is 1.51. The zero-order chi connectivity index (χ0) is 20.3. The number of hydrogen-bond donors (Lipinski definition) is 1. The first-order chi connectivity index (χ1) is 13.3. The van der Waals surface area contributed by atoms with Crippen molar-refractivity contribution in [1.82, 2.24) is 9.88 Å². The van der Waals surface area contributed by atoms with Gasteiger partial charge in [-0.1, -0.05) is 0 Å².